The average molecular weight is 1040 g/mol. The Bertz CT molecular complexity index is 2150. The highest BCUT2D eigenvalue weighted by Gasteiger charge is 2.35. The smallest absolute Gasteiger partial charge is 0.407 e. The molecule has 3 rings (SSSR count). The summed E-state index contributed by atoms with van der Waals surface area (Å²) in [6.07, 6.45) is -2.77. The molecule has 0 aromatic heterocycles. The number of fused-ring (bicyclic) bond motifs is 3. The van der Waals surface area contributed by atoms with Crippen molar-refractivity contribution in [1.82, 2.24) is 37.2 Å². The van der Waals surface area contributed by atoms with E-state index in [4.69, 9.17) is 4.74 Å². The van der Waals surface area contributed by atoms with Gasteiger partial charge in [0.1, 0.15) is 30.8 Å². The van der Waals surface area contributed by atoms with Crippen molar-refractivity contribution in [1.29, 1.82) is 0 Å². The monoisotopic (exact) mass is 1040 g/mol. The number of carboxylic acids is 1. The SMILES string of the molecule is CC(C)CC(=O)N[C@@H](C(=O)N[C@H](C(=O)N[C@H](CC(C)C)[C@H](O)CC(=O)N[C@H](C)C(=O)N[C@H](CC(C)C)[C@H](O)CC(=O)NCCCC[C@H](NC(=O)OCC1c2ccccc2-c2ccccc21)C(=O)O)C(C)C)C(C)C. The van der Waals surface area contributed by atoms with Gasteiger partial charge < -0.3 is 57.3 Å². The first-order valence-electron chi connectivity index (χ1n) is 26.3. The summed E-state index contributed by atoms with van der Waals surface area (Å²) in [6.45, 7) is 20.0. The predicted molar refractivity (Wildman–Crippen MR) is 281 cm³/mol. The van der Waals surface area contributed by atoms with Crippen LogP contribution in [0.1, 0.15) is 145 Å². The fourth-order valence-corrected chi connectivity index (χ4v) is 8.98. The lowest BCUT2D eigenvalue weighted by Crippen LogP contribution is -2.59. The number of rotatable bonds is 31. The van der Waals surface area contributed by atoms with Gasteiger partial charge in [-0.3, -0.25) is 28.8 Å². The number of hydrogen-bond donors (Lipinski definition) is 10. The molecule has 0 bridgehead atoms. The molecule has 1 aliphatic carbocycles. The topological polar surface area (TPSA) is 291 Å². The molecule has 7 amide bonds. The molecule has 19 heteroatoms. The summed E-state index contributed by atoms with van der Waals surface area (Å²) in [5.41, 5.74) is 4.18. The van der Waals surface area contributed by atoms with Gasteiger partial charge in [0.15, 0.2) is 0 Å². The number of aliphatic hydroxyl groups is 2. The van der Waals surface area contributed by atoms with E-state index >= 15 is 0 Å². The maximum Gasteiger partial charge on any atom is 0.407 e. The molecule has 0 unspecified atom stereocenters. The van der Waals surface area contributed by atoms with Gasteiger partial charge in [0.2, 0.25) is 35.4 Å². The Morgan fingerprint density at radius 1 is 0.541 bits per heavy atom. The van der Waals surface area contributed by atoms with E-state index in [0.29, 0.717) is 19.3 Å². The van der Waals surface area contributed by atoms with Gasteiger partial charge in [-0.15, -0.1) is 0 Å². The Kier molecular flexibility index (Phi) is 25.5. The molecule has 0 radical (unpaired) electrons. The van der Waals surface area contributed by atoms with Crippen LogP contribution in [-0.2, 0) is 38.3 Å². The molecule has 0 aliphatic heterocycles. The van der Waals surface area contributed by atoms with Gasteiger partial charge in [-0.2, -0.15) is 0 Å². The molecule has 0 fully saturated rings. The Balaban J connectivity index is 1.48. The zero-order chi connectivity index (χ0) is 55.4. The van der Waals surface area contributed by atoms with E-state index in [9.17, 15) is 53.7 Å². The van der Waals surface area contributed by atoms with Crippen LogP contribution in [0.4, 0.5) is 4.79 Å². The minimum absolute atomic E-state index is 0.00814. The normalized spacial score (nSPS) is 15.4. The van der Waals surface area contributed by atoms with Crippen LogP contribution in [0.5, 0.6) is 0 Å². The molecule has 74 heavy (non-hydrogen) atoms. The molecule has 0 saturated carbocycles. The first kappa shape index (κ1) is 62.2. The Hall–Kier alpha value is -6.08. The van der Waals surface area contributed by atoms with Crippen LogP contribution in [-0.4, -0.2) is 124 Å². The van der Waals surface area contributed by atoms with Gasteiger partial charge >= 0.3 is 12.1 Å². The van der Waals surface area contributed by atoms with E-state index in [1.807, 2.05) is 90.1 Å². The lowest BCUT2D eigenvalue weighted by atomic mass is 9.95. The number of carbonyl (C=O) groups is 8. The van der Waals surface area contributed by atoms with E-state index < -0.39 is 96.5 Å². The number of amides is 7. The van der Waals surface area contributed by atoms with Gasteiger partial charge in [-0.25, -0.2) is 9.59 Å². The fourth-order valence-electron chi connectivity index (χ4n) is 8.98. The molecular weight excluding hydrogens is 951 g/mol. The van der Waals surface area contributed by atoms with Crippen molar-refractivity contribution in [2.45, 2.75) is 182 Å². The van der Waals surface area contributed by atoms with Crippen molar-refractivity contribution < 1.29 is 58.4 Å². The maximum absolute atomic E-state index is 13.7. The van der Waals surface area contributed by atoms with E-state index in [1.165, 1.54) is 6.92 Å². The Morgan fingerprint density at radius 3 is 1.51 bits per heavy atom. The van der Waals surface area contributed by atoms with Gasteiger partial charge in [0.25, 0.3) is 0 Å². The molecule has 19 nitrogen and oxygen atoms in total. The van der Waals surface area contributed by atoms with E-state index in [0.717, 1.165) is 22.3 Å². The summed E-state index contributed by atoms with van der Waals surface area (Å²) < 4.78 is 5.52. The van der Waals surface area contributed by atoms with E-state index in [-0.39, 0.29) is 80.2 Å². The first-order valence-corrected chi connectivity index (χ1v) is 26.3. The third-order valence-electron chi connectivity index (χ3n) is 12.9. The number of aliphatic carboxylic acids is 1. The van der Waals surface area contributed by atoms with Gasteiger partial charge in [-0.1, -0.05) is 118 Å². The Labute approximate surface area is 437 Å². The largest absolute Gasteiger partial charge is 0.480 e. The highest BCUT2D eigenvalue weighted by molar-refractivity contribution is 5.93. The average Bonchev–Trinajstić information content (AvgIpc) is 3.62. The summed E-state index contributed by atoms with van der Waals surface area (Å²) >= 11 is 0. The number of benzene rings is 2. The molecular formula is C55H85N7O12. The molecule has 2 aromatic rings. The zero-order valence-electron chi connectivity index (χ0n) is 45.3. The maximum atomic E-state index is 13.7. The first-order chi connectivity index (χ1) is 34.8. The number of ether oxygens (including phenoxy) is 1. The Morgan fingerprint density at radius 2 is 1.01 bits per heavy atom. The van der Waals surface area contributed by atoms with Crippen LogP contribution in [0.25, 0.3) is 11.1 Å². The third-order valence-corrected chi connectivity index (χ3v) is 12.9. The van der Waals surface area contributed by atoms with E-state index in [1.54, 1.807) is 27.7 Å². The van der Waals surface area contributed by atoms with Crippen molar-refractivity contribution in [3.63, 3.8) is 0 Å². The summed E-state index contributed by atoms with van der Waals surface area (Å²) in [4.78, 5) is 104. The van der Waals surface area contributed by atoms with Crippen LogP contribution in [0.2, 0.25) is 0 Å². The second kappa shape index (κ2) is 30.3. The highest BCUT2D eigenvalue weighted by Crippen LogP contribution is 2.44. The second-order valence-electron chi connectivity index (χ2n) is 21.6. The predicted octanol–water partition coefficient (Wildman–Crippen LogP) is 4.66. The summed E-state index contributed by atoms with van der Waals surface area (Å²) in [5.74, 6) is -5.20. The quantitative estimate of drug-likeness (QED) is 0.0462. The van der Waals surface area contributed by atoms with Crippen molar-refractivity contribution in [2.75, 3.05) is 13.2 Å². The third kappa shape index (κ3) is 20.3. The van der Waals surface area contributed by atoms with Crippen molar-refractivity contribution in [3.8, 4) is 11.1 Å². The number of carbonyl (C=O) groups excluding carboxylic acids is 7. The number of carboxylic acid groups (broad SMARTS) is 1. The summed E-state index contributed by atoms with van der Waals surface area (Å²) in [6, 6.07) is 9.72. The van der Waals surface area contributed by atoms with Gasteiger partial charge in [0.05, 0.1) is 37.1 Å². The lowest BCUT2D eigenvalue weighted by molar-refractivity contribution is -0.139. The highest BCUT2D eigenvalue weighted by atomic mass is 16.5. The molecule has 2 aromatic carbocycles. The van der Waals surface area contributed by atoms with Gasteiger partial charge in [-0.05, 0) is 90.9 Å². The van der Waals surface area contributed by atoms with Crippen molar-refractivity contribution >= 4 is 47.5 Å². The van der Waals surface area contributed by atoms with E-state index in [2.05, 4.69) is 37.2 Å². The standard InChI is InChI=1S/C55H85N7O12/c1-30(2)24-42(44(63)27-46(65)56-23-17-16-22-41(54(71)72)60-55(73)74-29-40-38-20-14-12-18-36(38)37-19-13-15-21-39(37)40)58-51(68)35(11)57-48(67)28-45(64)43(25-31(3)4)59-52(69)50(34(9)10)62-53(70)49(33(7)8)61-47(66)26-32(5)6/h12-15,18-21,30-35,40-45,49-50,63-64H,16-17,22-29H2,1-11H3,(H,56,65)(H,57,67)(H,58,68)(H,59,69)(H,60,73)(H,61,66)(H,62,70)(H,71,72)/t35-,41+,42-,43-,44-,45-,49-,50+/m1/s1. The lowest BCUT2D eigenvalue weighted by Gasteiger charge is -2.31. The molecule has 0 spiro atoms. The van der Waals surface area contributed by atoms with Crippen molar-refractivity contribution in [2.24, 2.45) is 29.6 Å². The van der Waals surface area contributed by atoms with Crippen LogP contribution in [0.3, 0.4) is 0 Å². The van der Waals surface area contributed by atoms with Crippen LogP contribution >= 0.6 is 0 Å². The summed E-state index contributed by atoms with van der Waals surface area (Å²) in [7, 11) is 0. The number of unbranched alkanes of at least 4 members (excludes halogenated alkanes) is 1. The number of aliphatic hydroxyl groups excluding tert-OH is 2. The molecule has 1 aliphatic rings. The zero-order valence-corrected chi connectivity index (χ0v) is 45.3. The number of hydrogen-bond acceptors (Lipinski definition) is 11. The minimum Gasteiger partial charge on any atom is -0.480 e. The molecule has 0 heterocycles. The molecule has 10 N–H and O–H groups in total. The molecule has 0 saturated heterocycles. The summed E-state index contributed by atoms with van der Waals surface area (Å²) in [5, 5.41) is 51.1. The van der Waals surface area contributed by atoms with Crippen LogP contribution in [0, 0.1) is 29.6 Å². The molecule has 8 atom stereocenters. The second-order valence-corrected chi connectivity index (χ2v) is 21.6. The van der Waals surface area contributed by atoms with Crippen molar-refractivity contribution in [3.05, 3.63) is 59.7 Å². The fraction of sp³-hybridized carbons (Fsp3) is 0.636. The molecule has 412 valence electrons. The minimum atomic E-state index is -1.38. The van der Waals surface area contributed by atoms with Crippen LogP contribution < -0.4 is 37.2 Å². The number of alkyl carbamates (subject to hydrolysis) is 1. The number of nitrogens with one attached hydrogen (secondary N) is 7. The van der Waals surface area contributed by atoms with Gasteiger partial charge in [0, 0.05) is 18.9 Å². The van der Waals surface area contributed by atoms with Crippen LogP contribution in [0.15, 0.2) is 48.5 Å².